The number of hydrogen-bond donors (Lipinski definition) is 0. The topological polar surface area (TPSA) is 42.7 Å². The minimum Gasteiger partial charge on any atom is -0.497 e. The molecule has 1 aliphatic rings. The van der Waals surface area contributed by atoms with E-state index in [9.17, 15) is 4.79 Å². The highest BCUT2D eigenvalue weighted by atomic mass is 16.5. The Kier molecular flexibility index (Phi) is 3.95. The molecule has 0 saturated carbocycles. The van der Waals surface area contributed by atoms with Gasteiger partial charge in [-0.15, -0.1) is 0 Å². The highest BCUT2D eigenvalue weighted by molar-refractivity contribution is 5.94. The lowest BCUT2D eigenvalue weighted by Crippen LogP contribution is -2.38. The standard InChI is InChI=1S/C17H19NO3/c1-20-15-6-4-5-13(11-15)16-7-2-3-9-18(16)17(19)14-8-10-21-12-14/h4-6,8,10-12,16H,2-3,7,9H2,1H3/t16-/m1/s1. The van der Waals surface area contributed by atoms with Crippen LogP contribution >= 0.6 is 0 Å². The van der Waals surface area contributed by atoms with Crippen molar-refractivity contribution in [1.29, 1.82) is 0 Å². The molecule has 4 nitrogen and oxygen atoms in total. The highest BCUT2D eigenvalue weighted by Crippen LogP contribution is 2.33. The van der Waals surface area contributed by atoms with Gasteiger partial charge in [-0.1, -0.05) is 12.1 Å². The third kappa shape index (κ3) is 2.79. The van der Waals surface area contributed by atoms with E-state index in [-0.39, 0.29) is 11.9 Å². The summed E-state index contributed by atoms with van der Waals surface area (Å²) in [5.41, 5.74) is 1.75. The summed E-state index contributed by atoms with van der Waals surface area (Å²) in [5.74, 6) is 0.866. The van der Waals surface area contributed by atoms with E-state index in [0.717, 1.165) is 37.1 Å². The summed E-state index contributed by atoms with van der Waals surface area (Å²) < 4.78 is 10.3. The summed E-state index contributed by atoms with van der Waals surface area (Å²) in [7, 11) is 1.66. The number of carbonyl (C=O) groups excluding carboxylic acids is 1. The van der Waals surface area contributed by atoms with E-state index < -0.39 is 0 Å². The summed E-state index contributed by atoms with van der Waals surface area (Å²) in [6.07, 6.45) is 6.22. The number of hydrogen-bond acceptors (Lipinski definition) is 3. The van der Waals surface area contributed by atoms with Gasteiger partial charge in [0.05, 0.1) is 25.0 Å². The van der Waals surface area contributed by atoms with Crippen molar-refractivity contribution >= 4 is 5.91 Å². The Morgan fingerprint density at radius 1 is 1.33 bits per heavy atom. The fourth-order valence-electron chi connectivity index (χ4n) is 2.92. The molecule has 4 heteroatoms. The lowest BCUT2D eigenvalue weighted by molar-refractivity contribution is 0.0610. The van der Waals surface area contributed by atoms with Crippen LogP contribution < -0.4 is 4.74 Å². The van der Waals surface area contributed by atoms with Gasteiger partial charge in [0, 0.05) is 6.54 Å². The van der Waals surface area contributed by atoms with Gasteiger partial charge < -0.3 is 14.1 Å². The molecule has 3 rings (SSSR count). The van der Waals surface area contributed by atoms with Crippen molar-refractivity contribution < 1.29 is 13.9 Å². The average Bonchev–Trinajstić information content (AvgIpc) is 3.09. The van der Waals surface area contributed by atoms with Crippen molar-refractivity contribution in [2.24, 2.45) is 0 Å². The predicted octanol–water partition coefficient (Wildman–Crippen LogP) is 3.66. The van der Waals surface area contributed by atoms with Crippen LogP contribution in [0.4, 0.5) is 0 Å². The molecule has 0 bridgehead atoms. The molecule has 21 heavy (non-hydrogen) atoms. The second-order valence-electron chi connectivity index (χ2n) is 5.30. The van der Waals surface area contributed by atoms with Crippen LogP contribution in [0, 0.1) is 0 Å². The number of piperidine rings is 1. The first-order chi connectivity index (χ1) is 10.3. The molecule has 0 spiro atoms. The molecule has 110 valence electrons. The van der Waals surface area contributed by atoms with E-state index in [0.29, 0.717) is 5.56 Å². The maximum Gasteiger partial charge on any atom is 0.257 e. The molecule has 0 unspecified atom stereocenters. The summed E-state index contributed by atoms with van der Waals surface area (Å²) in [6, 6.07) is 9.81. The van der Waals surface area contributed by atoms with E-state index >= 15 is 0 Å². The molecular formula is C17H19NO3. The zero-order valence-corrected chi connectivity index (χ0v) is 12.1. The maximum atomic E-state index is 12.6. The Hall–Kier alpha value is -2.23. The molecule has 1 aliphatic heterocycles. The zero-order valence-electron chi connectivity index (χ0n) is 12.1. The fourth-order valence-corrected chi connectivity index (χ4v) is 2.92. The Labute approximate surface area is 124 Å². The van der Waals surface area contributed by atoms with E-state index in [2.05, 4.69) is 6.07 Å². The third-order valence-electron chi connectivity index (χ3n) is 4.01. The number of likely N-dealkylation sites (tertiary alicyclic amines) is 1. The maximum absolute atomic E-state index is 12.6. The van der Waals surface area contributed by atoms with Crippen molar-refractivity contribution in [3.05, 3.63) is 54.0 Å². The molecular weight excluding hydrogens is 266 g/mol. The van der Waals surface area contributed by atoms with E-state index in [1.807, 2.05) is 23.1 Å². The highest BCUT2D eigenvalue weighted by Gasteiger charge is 2.29. The number of methoxy groups -OCH3 is 1. The minimum atomic E-state index is 0.0382. The van der Waals surface area contributed by atoms with Crippen molar-refractivity contribution in [3.8, 4) is 5.75 Å². The van der Waals surface area contributed by atoms with Crippen LogP contribution in [0.5, 0.6) is 5.75 Å². The van der Waals surface area contributed by atoms with Crippen LogP contribution in [0.3, 0.4) is 0 Å². The SMILES string of the molecule is COc1cccc([C@H]2CCCCN2C(=O)c2ccoc2)c1. The first-order valence-corrected chi connectivity index (χ1v) is 7.26. The number of nitrogens with zero attached hydrogens (tertiary/aromatic N) is 1. The molecule has 1 aromatic carbocycles. The van der Waals surface area contributed by atoms with E-state index in [4.69, 9.17) is 9.15 Å². The fraction of sp³-hybridized carbons (Fsp3) is 0.353. The molecule has 1 atom stereocenters. The Balaban J connectivity index is 1.89. The number of ether oxygens (including phenoxy) is 1. The molecule has 2 aromatic rings. The van der Waals surface area contributed by atoms with Crippen LogP contribution in [-0.2, 0) is 0 Å². The molecule has 1 saturated heterocycles. The second kappa shape index (κ2) is 6.04. The molecule has 1 aromatic heterocycles. The van der Waals surface area contributed by atoms with Crippen molar-refractivity contribution in [1.82, 2.24) is 4.90 Å². The molecule has 0 radical (unpaired) electrons. The van der Waals surface area contributed by atoms with Crippen molar-refractivity contribution in [2.45, 2.75) is 25.3 Å². The van der Waals surface area contributed by atoms with Crippen LogP contribution in [0.25, 0.3) is 0 Å². The van der Waals surface area contributed by atoms with Crippen molar-refractivity contribution in [3.63, 3.8) is 0 Å². The molecule has 0 N–H and O–H groups in total. The van der Waals surface area contributed by atoms with Crippen LogP contribution in [0.1, 0.15) is 41.2 Å². The monoisotopic (exact) mass is 285 g/mol. The van der Waals surface area contributed by atoms with Gasteiger partial charge in [0.15, 0.2) is 0 Å². The number of benzene rings is 1. The summed E-state index contributed by atoms with van der Waals surface area (Å²) in [6.45, 7) is 0.784. The third-order valence-corrected chi connectivity index (χ3v) is 4.01. The Morgan fingerprint density at radius 3 is 3.00 bits per heavy atom. The van der Waals surface area contributed by atoms with Crippen LogP contribution in [0.15, 0.2) is 47.3 Å². The first-order valence-electron chi connectivity index (χ1n) is 7.26. The van der Waals surface area contributed by atoms with E-state index in [1.54, 1.807) is 13.2 Å². The van der Waals surface area contributed by atoms with Gasteiger partial charge in [-0.25, -0.2) is 0 Å². The quantitative estimate of drug-likeness (QED) is 0.864. The molecule has 2 heterocycles. The number of rotatable bonds is 3. The van der Waals surface area contributed by atoms with Gasteiger partial charge in [-0.2, -0.15) is 0 Å². The van der Waals surface area contributed by atoms with Gasteiger partial charge in [0.1, 0.15) is 12.0 Å². The number of furan rings is 1. The van der Waals surface area contributed by atoms with Gasteiger partial charge in [0.25, 0.3) is 5.91 Å². The van der Waals surface area contributed by atoms with Crippen LogP contribution in [-0.4, -0.2) is 24.5 Å². The lowest BCUT2D eigenvalue weighted by atomic mass is 9.94. The first kappa shape index (κ1) is 13.7. The molecule has 1 amide bonds. The number of amides is 1. The summed E-state index contributed by atoms with van der Waals surface area (Å²) >= 11 is 0. The largest absolute Gasteiger partial charge is 0.497 e. The zero-order chi connectivity index (χ0) is 14.7. The second-order valence-corrected chi connectivity index (χ2v) is 5.30. The normalized spacial score (nSPS) is 18.5. The molecule has 1 fully saturated rings. The number of carbonyl (C=O) groups is 1. The smallest absolute Gasteiger partial charge is 0.257 e. The van der Waals surface area contributed by atoms with E-state index in [1.165, 1.54) is 12.5 Å². The Morgan fingerprint density at radius 2 is 2.24 bits per heavy atom. The Bertz CT molecular complexity index is 606. The van der Waals surface area contributed by atoms with Gasteiger partial charge in [0.2, 0.25) is 0 Å². The lowest BCUT2D eigenvalue weighted by Gasteiger charge is -2.36. The van der Waals surface area contributed by atoms with Gasteiger partial charge >= 0.3 is 0 Å². The van der Waals surface area contributed by atoms with Crippen LogP contribution in [0.2, 0.25) is 0 Å². The summed E-state index contributed by atoms with van der Waals surface area (Å²) in [5, 5.41) is 0. The summed E-state index contributed by atoms with van der Waals surface area (Å²) in [4.78, 5) is 14.6. The van der Waals surface area contributed by atoms with Gasteiger partial charge in [-0.05, 0) is 43.0 Å². The minimum absolute atomic E-state index is 0.0382. The van der Waals surface area contributed by atoms with Crippen molar-refractivity contribution in [2.75, 3.05) is 13.7 Å². The average molecular weight is 285 g/mol. The predicted molar refractivity (Wildman–Crippen MR) is 79.3 cm³/mol. The molecule has 0 aliphatic carbocycles. The van der Waals surface area contributed by atoms with Gasteiger partial charge in [-0.3, -0.25) is 4.79 Å².